The van der Waals surface area contributed by atoms with Crippen LogP contribution in [0, 0.1) is 17.9 Å². The number of benzene rings is 2. The molecular weight excluding hydrogens is 384 g/mol. The molecule has 154 valence electrons. The molecule has 0 amide bonds. The first-order valence-electron chi connectivity index (χ1n) is 9.62. The van der Waals surface area contributed by atoms with Gasteiger partial charge in [-0.05, 0) is 49.7 Å². The quantitative estimate of drug-likeness (QED) is 0.250. The smallest absolute Gasteiger partial charge is 0.342 e. The van der Waals surface area contributed by atoms with Crippen molar-refractivity contribution in [3.8, 4) is 17.6 Å². The topological polar surface area (TPSA) is 90.0 Å². The molecule has 7 nitrogen and oxygen atoms in total. The number of rotatable bonds is 9. The van der Waals surface area contributed by atoms with Crippen molar-refractivity contribution in [3.05, 3.63) is 64.5 Å². The maximum absolute atomic E-state index is 12.5. The Bertz CT molecular complexity index is 984. The highest BCUT2D eigenvalue weighted by Crippen LogP contribution is 2.34. The van der Waals surface area contributed by atoms with Crippen LogP contribution >= 0.6 is 0 Å². The largest absolute Gasteiger partial charge is 0.494 e. The molecule has 30 heavy (non-hydrogen) atoms. The number of nitriles is 1. The molecule has 0 unspecified atom stereocenters. The molecule has 2 aromatic rings. The van der Waals surface area contributed by atoms with E-state index in [1.165, 1.54) is 12.1 Å². The van der Waals surface area contributed by atoms with Crippen LogP contribution in [0.5, 0.6) is 11.5 Å². The molecule has 0 spiro atoms. The maximum atomic E-state index is 12.5. The first-order valence-corrected chi connectivity index (χ1v) is 9.62. The number of ether oxygens (including phenoxy) is 3. The third-order valence-corrected chi connectivity index (χ3v) is 4.17. The highest BCUT2D eigenvalue weighted by atomic mass is 16.5. The third kappa shape index (κ3) is 5.59. The van der Waals surface area contributed by atoms with Crippen molar-refractivity contribution >= 4 is 17.6 Å². The third-order valence-electron chi connectivity index (χ3n) is 4.17. The molecule has 0 atom stereocenters. The van der Waals surface area contributed by atoms with Crippen molar-refractivity contribution in [2.45, 2.75) is 33.1 Å². The molecule has 0 bridgehead atoms. The van der Waals surface area contributed by atoms with Crippen molar-refractivity contribution in [1.29, 1.82) is 5.26 Å². The lowest BCUT2D eigenvalue weighted by molar-refractivity contribution is 0.0526. The minimum Gasteiger partial charge on any atom is -0.494 e. The highest BCUT2D eigenvalue weighted by Gasteiger charge is 2.22. The second-order valence-corrected chi connectivity index (χ2v) is 6.25. The van der Waals surface area contributed by atoms with Gasteiger partial charge in [-0.2, -0.15) is 5.26 Å². The number of hydrogen-bond acceptors (Lipinski definition) is 6. The summed E-state index contributed by atoms with van der Waals surface area (Å²) >= 11 is 0. The van der Waals surface area contributed by atoms with E-state index in [1.54, 1.807) is 31.2 Å². The minimum absolute atomic E-state index is 0.0466. The van der Waals surface area contributed by atoms with Crippen LogP contribution in [0.3, 0.4) is 0 Å². The Morgan fingerprint density at radius 3 is 2.40 bits per heavy atom. The fraction of sp³-hybridized carbons (Fsp3) is 0.304. The van der Waals surface area contributed by atoms with E-state index in [-0.39, 0.29) is 34.7 Å². The summed E-state index contributed by atoms with van der Waals surface area (Å²) in [5, 5.41) is 9.40. The normalized spacial score (nSPS) is 9.87. The fourth-order valence-corrected chi connectivity index (χ4v) is 2.65. The predicted octanol–water partition coefficient (Wildman–Crippen LogP) is 5.07. The Kier molecular flexibility index (Phi) is 8.40. The molecule has 0 aromatic heterocycles. The van der Waals surface area contributed by atoms with Crippen LogP contribution in [0.15, 0.2) is 36.4 Å². The molecule has 0 fully saturated rings. The highest BCUT2D eigenvalue weighted by molar-refractivity contribution is 5.97. The summed E-state index contributed by atoms with van der Waals surface area (Å²) < 4.78 is 15.8. The van der Waals surface area contributed by atoms with Gasteiger partial charge in [0.2, 0.25) is 5.69 Å². The lowest BCUT2D eigenvalue weighted by Crippen LogP contribution is -2.11. The first kappa shape index (κ1) is 22.4. The van der Waals surface area contributed by atoms with E-state index in [9.17, 15) is 14.9 Å². The van der Waals surface area contributed by atoms with Gasteiger partial charge >= 0.3 is 11.9 Å². The van der Waals surface area contributed by atoms with Gasteiger partial charge in [-0.15, -0.1) is 0 Å². The van der Waals surface area contributed by atoms with E-state index in [0.717, 1.165) is 19.3 Å². The Labute approximate surface area is 175 Å². The van der Waals surface area contributed by atoms with Crippen molar-refractivity contribution in [1.82, 2.24) is 0 Å². The van der Waals surface area contributed by atoms with Crippen molar-refractivity contribution in [3.63, 3.8) is 0 Å². The number of carbonyl (C=O) groups excluding carboxylic acids is 2. The van der Waals surface area contributed by atoms with Gasteiger partial charge in [0.1, 0.15) is 11.5 Å². The fourth-order valence-electron chi connectivity index (χ4n) is 2.65. The summed E-state index contributed by atoms with van der Waals surface area (Å²) in [7, 11) is 0. The van der Waals surface area contributed by atoms with Gasteiger partial charge in [-0.1, -0.05) is 19.8 Å². The van der Waals surface area contributed by atoms with Gasteiger partial charge in [0.05, 0.1) is 42.5 Å². The van der Waals surface area contributed by atoms with E-state index in [1.807, 2.05) is 6.07 Å². The summed E-state index contributed by atoms with van der Waals surface area (Å²) in [6, 6.07) is 10.9. The van der Waals surface area contributed by atoms with E-state index in [0.29, 0.717) is 12.4 Å². The zero-order valence-electron chi connectivity index (χ0n) is 16.9. The van der Waals surface area contributed by atoms with Gasteiger partial charge < -0.3 is 14.2 Å². The Morgan fingerprint density at radius 1 is 1.07 bits per heavy atom. The number of unbranched alkanes of at least 4 members (excludes halogenated alkanes) is 2. The average Bonchev–Trinajstić information content (AvgIpc) is 2.76. The van der Waals surface area contributed by atoms with E-state index in [4.69, 9.17) is 20.8 Å². The van der Waals surface area contributed by atoms with Gasteiger partial charge in [-0.3, -0.25) is 0 Å². The number of hydrogen-bond donors (Lipinski definition) is 0. The van der Waals surface area contributed by atoms with Crippen molar-refractivity contribution < 1.29 is 23.8 Å². The van der Waals surface area contributed by atoms with Crippen LogP contribution in [0.2, 0.25) is 0 Å². The molecule has 2 aromatic carbocycles. The van der Waals surface area contributed by atoms with Crippen LogP contribution in [-0.4, -0.2) is 25.2 Å². The molecule has 0 aliphatic heterocycles. The molecule has 0 N–H and O–H groups in total. The van der Waals surface area contributed by atoms with Gasteiger partial charge in [0.25, 0.3) is 0 Å². The van der Waals surface area contributed by atoms with E-state index in [2.05, 4.69) is 11.8 Å². The van der Waals surface area contributed by atoms with Crippen molar-refractivity contribution in [2.24, 2.45) is 0 Å². The zero-order chi connectivity index (χ0) is 21.9. The zero-order valence-corrected chi connectivity index (χ0v) is 16.9. The number of nitrogens with zero attached hydrogens (tertiary/aromatic N) is 2. The summed E-state index contributed by atoms with van der Waals surface area (Å²) in [4.78, 5) is 27.7. The monoisotopic (exact) mass is 406 g/mol. The summed E-state index contributed by atoms with van der Waals surface area (Å²) in [5.74, 6) is -0.855. The van der Waals surface area contributed by atoms with Gasteiger partial charge in [-0.25, -0.2) is 14.4 Å². The molecule has 7 heteroatoms. The number of carbonyl (C=O) groups is 2. The van der Waals surface area contributed by atoms with Crippen LogP contribution in [-0.2, 0) is 4.74 Å². The maximum Gasteiger partial charge on any atom is 0.342 e. The second-order valence-electron chi connectivity index (χ2n) is 6.25. The molecule has 0 saturated heterocycles. The van der Waals surface area contributed by atoms with Gasteiger partial charge in [0.15, 0.2) is 0 Å². The first-order chi connectivity index (χ1) is 14.5. The Morgan fingerprint density at radius 2 is 1.80 bits per heavy atom. The van der Waals surface area contributed by atoms with Crippen molar-refractivity contribution in [2.75, 3.05) is 13.2 Å². The number of esters is 2. The SMILES string of the molecule is [C-]#[N+]c1c(OC(=O)c2ccc(OCCCCC)cc2)ccc(C(=O)OCC)c1C#N. The molecule has 0 aliphatic rings. The summed E-state index contributed by atoms with van der Waals surface area (Å²) in [5.41, 5.74) is -0.189. The Hall–Kier alpha value is -3.84. The van der Waals surface area contributed by atoms with E-state index >= 15 is 0 Å². The molecule has 0 aliphatic carbocycles. The standard InChI is InChI=1S/C23H22N2O5/c1-4-6-7-14-29-17-10-8-16(9-11-17)22(26)30-20-13-12-18(23(27)28-5-2)19(15-24)21(20)25-3/h8-13H,4-7,14H2,1-2H3. The summed E-state index contributed by atoms with van der Waals surface area (Å²) in [6.07, 6.45) is 3.16. The molecule has 0 saturated carbocycles. The molecule has 0 radical (unpaired) electrons. The van der Waals surface area contributed by atoms with Crippen LogP contribution < -0.4 is 9.47 Å². The second kappa shape index (κ2) is 11.2. The molecular formula is C23H22N2O5. The molecule has 2 rings (SSSR count). The minimum atomic E-state index is -0.716. The summed E-state index contributed by atoms with van der Waals surface area (Å²) in [6.45, 7) is 11.8. The van der Waals surface area contributed by atoms with Crippen LogP contribution in [0.1, 0.15) is 59.4 Å². The predicted molar refractivity (Wildman–Crippen MR) is 110 cm³/mol. The lowest BCUT2D eigenvalue weighted by atomic mass is 10.1. The van der Waals surface area contributed by atoms with E-state index < -0.39 is 11.9 Å². The van der Waals surface area contributed by atoms with Crippen LogP contribution in [0.4, 0.5) is 5.69 Å². The van der Waals surface area contributed by atoms with Crippen LogP contribution in [0.25, 0.3) is 4.85 Å². The average molecular weight is 406 g/mol. The van der Waals surface area contributed by atoms with Gasteiger partial charge in [0, 0.05) is 0 Å². The Balaban J connectivity index is 2.17. The molecule has 0 heterocycles. The lowest BCUT2D eigenvalue weighted by Gasteiger charge is -2.11.